The summed E-state index contributed by atoms with van der Waals surface area (Å²) >= 11 is 0. The summed E-state index contributed by atoms with van der Waals surface area (Å²) in [5.74, 6) is -0.231. The largest absolute Gasteiger partial charge is 0.491 e. The van der Waals surface area contributed by atoms with E-state index in [0.29, 0.717) is 30.0 Å². The monoisotopic (exact) mass is 397 g/mol. The fourth-order valence-electron chi connectivity index (χ4n) is 3.16. The van der Waals surface area contributed by atoms with E-state index in [2.05, 4.69) is 4.98 Å². The molecule has 29 heavy (non-hydrogen) atoms. The quantitative estimate of drug-likeness (QED) is 0.714. The number of hydrogen-bond acceptors (Lipinski definition) is 4. The third kappa shape index (κ3) is 4.83. The minimum absolute atomic E-state index is 0.235. The number of ether oxygens (including phenoxy) is 1. The molecular weight excluding hydrogens is 373 g/mol. The molecule has 1 saturated carbocycles. The van der Waals surface area contributed by atoms with Crippen LogP contribution in [-0.4, -0.2) is 39.8 Å². The van der Waals surface area contributed by atoms with Gasteiger partial charge in [-0.05, 0) is 57.4 Å². The molecule has 0 spiro atoms. The molecule has 1 N–H and O–H groups in total. The Balaban J connectivity index is 1.75. The van der Waals surface area contributed by atoms with Gasteiger partial charge in [-0.15, -0.1) is 0 Å². The number of carboxylic acid groups (broad SMARTS) is 1. The zero-order valence-electron chi connectivity index (χ0n) is 16.8. The maximum atomic E-state index is 14.2. The van der Waals surface area contributed by atoms with Crippen molar-refractivity contribution in [2.75, 3.05) is 13.2 Å². The van der Waals surface area contributed by atoms with Crippen LogP contribution >= 0.6 is 0 Å². The van der Waals surface area contributed by atoms with Crippen molar-refractivity contribution in [3.8, 4) is 22.9 Å². The summed E-state index contributed by atoms with van der Waals surface area (Å²) in [4.78, 5) is 16.8. The van der Waals surface area contributed by atoms with Gasteiger partial charge in [-0.1, -0.05) is 12.1 Å². The van der Waals surface area contributed by atoms with Crippen LogP contribution in [0.1, 0.15) is 39.2 Å². The Kier molecular flexibility index (Phi) is 5.47. The molecular formula is C22H24FN3O3. The molecule has 3 rings (SSSR count). The van der Waals surface area contributed by atoms with Crippen molar-refractivity contribution in [2.45, 2.75) is 39.2 Å². The van der Waals surface area contributed by atoms with Crippen LogP contribution in [0, 0.1) is 22.7 Å². The van der Waals surface area contributed by atoms with E-state index < -0.39 is 17.6 Å². The highest BCUT2D eigenvalue weighted by Gasteiger charge is 2.47. The van der Waals surface area contributed by atoms with Crippen molar-refractivity contribution in [3.63, 3.8) is 0 Å². The first-order valence-electron chi connectivity index (χ1n) is 9.43. The van der Waals surface area contributed by atoms with Gasteiger partial charge in [0, 0.05) is 23.1 Å². The normalized spacial score (nSPS) is 14.7. The number of rotatable bonds is 6. The number of benzene rings is 1. The molecule has 0 saturated heterocycles. The molecule has 1 aromatic heterocycles. The van der Waals surface area contributed by atoms with E-state index in [4.69, 9.17) is 10.00 Å². The van der Waals surface area contributed by atoms with Crippen LogP contribution in [0.25, 0.3) is 11.1 Å². The standard InChI is InChI=1S/C22H24FN3O3/c1-21(2,3)26(20(27)28)13-22(7-8-22)14-29-17-10-18(19(23)25-12-17)16-6-4-5-15(9-16)11-24/h4-6,9-10,12H,7-8,13-14H2,1-3H3,(H,27,28). The lowest BCUT2D eigenvalue weighted by Crippen LogP contribution is -2.48. The summed E-state index contributed by atoms with van der Waals surface area (Å²) in [6.07, 6.45) is 2.12. The van der Waals surface area contributed by atoms with Crippen LogP contribution in [0.3, 0.4) is 0 Å². The molecule has 1 aliphatic rings. The molecule has 1 heterocycles. The Labute approximate surface area is 169 Å². The van der Waals surface area contributed by atoms with Gasteiger partial charge in [0.05, 0.1) is 24.4 Å². The molecule has 152 valence electrons. The van der Waals surface area contributed by atoms with E-state index in [-0.39, 0.29) is 11.0 Å². The number of amides is 1. The first-order valence-corrected chi connectivity index (χ1v) is 9.43. The smallest absolute Gasteiger partial charge is 0.407 e. The Bertz CT molecular complexity index is 959. The Morgan fingerprint density at radius 1 is 1.38 bits per heavy atom. The third-order valence-corrected chi connectivity index (χ3v) is 5.15. The van der Waals surface area contributed by atoms with Crippen molar-refractivity contribution in [1.29, 1.82) is 5.26 Å². The number of halogens is 1. The average molecular weight is 397 g/mol. The Morgan fingerprint density at radius 3 is 2.69 bits per heavy atom. The molecule has 1 amide bonds. The van der Waals surface area contributed by atoms with Gasteiger partial charge in [-0.25, -0.2) is 9.78 Å². The van der Waals surface area contributed by atoms with Gasteiger partial charge in [0.25, 0.3) is 0 Å². The molecule has 0 radical (unpaired) electrons. The maximum Gasteiger partial charge on any atom is 0.407 e. The lowest BCUT2D eigenvalue weighted by Gasteiger charge is -2.36. The molecule has 0 unspecified atom stereocenters. The number of nitrogens with zero attached hydrogens (tertiary/aromatic N) is 3. The van der Waals surface area contributed by atoms with Crippen LogP contribution in [0.5, 0.6) is 5.75 Å². The average Bonchev–Trinajstić information content (AvgIpc) is 3.44. The lowest BCUT2D eigenvalue weighted by molar-refractivity contribution is 0.0746. The molecule has 1 aromatic carbocycles. The topological polar surface area (TPSA) is 86.5 Å². The minimum atomic E-state index is -0.952. The van der Waals surface area contributed by atoms with E-state index in [1.165, 1.54) is 11.1 Å². The molecule has 1 aliphatic carbocycles. The predicted octanol–water partition coefficient (Wildman–Crippen LogP) is 4.70. The lowest BCUT2D eigenvalue weighted by atomic mass is 10.0. The molecule has 1 fully saturated rings. The first kappa shape index (κ1) is 20.6. The second-order valence-corrected chi connectivity index (χ2v) is 8.53. The Hall–Kier alpha value is -3.14. The Morgan fingerprint density at radius 2 is 2.10 bits per heavy atom. The summed E-state index contributed by atoms with van der Waals surface area (Å²) < 4.78 is 20.1. The number of hydrogen-bond donors (Lipinski definition) is 1. The molecule has 6 nitrogen and oxygen atoms in total. The van der Waals surface area contributed by atoms with E-state index in [0.717, 1.165) is 12.8 Å². The van der Waals surface area contributed by atoms with Gasteiger partial charge in [0.15, 0.2) is 0 Å². The first-order chi connectivity index (χ1) is 13.6. The van der Waals surface area contributed by atoms with Gasteiger partial charge in [-0.3, -0.25) is 0 Å². The van der Waals surface area contributed by atoms with Gasteiger partial charge >= 0.3 is 6.09 Å². The molecule has 7 heteroatoms. The van der Waals surface area contributed by atoms with Gasteiger partial charge in [-0.2, -0.15) is 9.65 Å². The van der Waals surface area contributed by atoms with Crippen LogP contribution < -0.4 is 4.74 Å². The van der Waals surface area contributed by atoms with Crippen molar-refractivity contribution < 1.29 is 19.0 Å². The summed E-state index contributed by atoms with van der Waals surface area (Å²) in [6.45, 7) is 6.31. The maximum absolute atomic E-state index is 14.2. The van der Waals surface area contributed by atoms with Crippen LogP contribution in [0.4, 0.5) is 9.18 Å². The number of nitriles is 1. The third-order valence-electron chi connectivity index (χ3n) is 5.15. The SMILES string of the molecule is CC(C)(C)N(CC1(COc2cnc(F)c(-c3cccc(C#N)c3)c2)CC1)C(=O)O. The van der Waals surface area contributed by atoms with E-state index in [1.807, 2.05) is 26.8 Å². The van der Waals surface area contributed by atoms with Crippen molar-refractivity contribution in [2.24, 2.45) is 5.41 Å². The predicted molar refractivity (Wildman–Crippen MR) is 106 cm³/mol. The zero-order valence-corrected chi connectivity index (χ0v) is 16.8. The highest BCUT2D eigenvalue weighted by molar-refractivity contribution is 5.67. The molecule has 2 aromatic rings. The number of pyridine rings is 1. The van der Waals surface area contributed by atoms with Gasteiger partial charge in [0.2, 0.25) is 5.95 Å². The van der Waals surface area contributed by atoms with Gasteiger partial charge in [0.1, 0.15) is 5.75 Å². The number of aromatic nitrogens is 1. The van der Waals surface area contributed by atoms with Crippen molar-refractivity contribution >= 4 is 6.09 Å². The fraction of sp³-hybridized carbons (Fsp3) is 0.409. The summed E-state index contributed by atoms with van der Waals surface area (Å²) in [5, 5.41) is 18.6. The fourth-order valence-corrected chi connectivity index (χ4v) is 3.16. The molecule has 0 bridgehead atoms. The van der Waals surface area contributed by atoms with E-state index in [1.54, 1.807) is 30.3 Å². The minimum Gasteiger partial charge on any atom is -0.491 e. The van der Waals surface area contributed by atoms with Gasteiger partial charge < -0.3 is 14.7 Å². The highest BCUT2D eigenvalue weighted by Crippen LogP contribution is 2.47. The van der Waals surface area contributed by atoms with E-state index >= 15 is 0 Å². The summed E-state index contributed by atoms with van der Waals surface area (Å²) in [6, 6.07) is 10.2. The van der Waals surface area contributed by atoms with Crippen LogP contribution in [0.15, 0.2) is 36.5 Å². The summed E-state index contributed by atoms with van der Waals surface area (Å²) in [7, 11) is 0. The second kappa shape index (κ2) is 7.70. The van der Waals surface area contributed by atoms with Crippen LogP contribution in [-0.2, 0) is 0 Å². The second-order valence-electron chi connectivity index (χ2n) is 8.53. The van der Waals surface area contributed by atoms with E-state index in [9.17, 15) is 14.3 Å². The molecule has 0 atom stereocenters. The molecule has 0 aliphatic heterocycles. The van der Waals surface area contributed by atoms with Crippen molar-refractivity contribution in [1.82, 2.24) is 9.88 Å². The zero-order chi connectivity index (χ0) is 21.2. The highest BCUT2D eigenvalue weighted by atomic mass is 19.1. The van der Waals surface area contributed by atoms with Crippen molar-refractivity contribution in [3.05, 3.63) is 48.0 Å². The number of carbonyl (C=O) groups is 1. The summed E-state index contributed by atoms with van der Waals surface area (Å²) in [5.41, 5.74) is 0.497. The van der Waals surface area contributed by atoms with Crippen LogP contribution in [0.2, 0.25) is 0 Å².